The quantitative estimate of drug-likeness (QED) is 0.885. The maximum absolute atomic E-state index is 12.4. The zero-order chi connectivity index (χ0) is 13.9. The summed E-state index contributed by atoms with van der Waals surface area (Å²) >= 11 is 0. The fourth-order valence-corrected chi connectivity index (χ4v) is 0.935. The molecule has 0 aliphatic carbocycles. The lowest BCUT2D eigenvalue weighted by Gasteiger charge is -2.17. The highest BCUT2D eigenvalue weighted by Crippen LogP contribution is 2.24. The van der Waals surface area contributed by atoms with Crippen molar-refractivity contribution in [1.29, 1.82) is 0 Å². The van der Waals surface area contributed by atoms with Crippen LogP contribution in [0.25, 0.3) is 0 Å². The fourth-order valence-electron chi connectivity index (χ4n) is 0.935. The molecule has 9 heteroatoms. The van der Waals surface area contributed by atoms with Gasteiger partial charge in [-0.1, -0.05) is 0 Å². The van der Waals surface area contributed by atoms with Crippen molar-refractivity contribution in [3.8, 4) is 6.01 Å². The van der Waals surface area contributed by atoms with E-state index in [9.17, 15) is 13.2 Å². The zero-order valence-corrected chi connectivity index (χ0v) is 10.4. The highest BCUT2D eigenvalue weighted by Gasteiger charge is 2.38. The molecule has 0 aromatic carbocycles. The number of rotatable bonds is 4. The van der Waals surface area contributed by atoms with Crippen LogP contribution in [0.5, 0.6) is 6.01 Å². The molecule has 0 saturated heterocycles. The van der Waals surface area contributed by atoms with E-state index in [2.05, 4.69) is 25.0 Å². The third kappa shape index (κ3) is 3.60. The molecule has 0 aliphatic rings. The molecule has 1 aromatic heterocycles. The first-order chi connectivity index (χ1) is 8.24. The molecule has 1 unspecified atom stereocenters. The van der Waals surface area contributed by atoms with Crippen LogP contribution in [0.15, 0.2) is 0 Å². The number of aromatic nitrogens is 3. The molecule has 1 rings (SSSR count). The van der Waals surface area contributed by atoms with E-state index in [1.165, 1.54) is 4.90 Å². The third-order valence-electron chi connectivity index (χ3n) is 1.97. The van der Waals surface area contributed by atoms with Crippen LogP contribution < -0.4 is 15.0 Å². The van der Waals surface area contributed by atoms with Crippen molar-refractivity contribution in [2.45, 2.75) is 19.2 Å². The van der Waals surface area contributed by atoms with E-state index in [1.807, 2.05) is 0 Å². The molecule has 1 aromatic rings. The molecular weight excluding hydrogens is 251 g/mol. The number of nitrogens with zero attached hydrogens (tertiary/aromatic N) is 4. The summed E-state index contributed by atoms with van der Waals surface area (Å²) in [6.45, 7) is 0.887. The van der Waals surface area contributed by atoms with Gasteiger partial charge in [0.05, 0.1) is 0 Å². The van der Waals surface area contributed by atoms with Crippen molar-refractivity contribution in [3.05, 3.63) is 0 Å². The van der Waals surface area contributed by atoms with Gasteiger partial charge in [-0.15, -0.1) is 0 Å². The summed E-state index contributed by atoms with van der Waals surface area (Å²) in [5.74, 6) is 0.344. The van der Waals surface area contributed by atoms with Gasteiger partial charge in [-0.2, -0.15) is 28.1 Å². The van der Waals surface area contributed by atoms with Crippen molar-refractivity contribution in [2.24, 2.45) is 0 Å². The molecule has 0 fully saturated rings. The molecule has 1 N–H and O–H groups in total. The van der Waals surface area contributed by atoms with Gasteiger partial charge in [-0.3, -0.25) is 0 Å². The molecule has 1 heterocycles. The van der Waals surface area contributed by atoms with Gasteiger partial charge in [-0.25, -0.2) is 0 Å². The Morgan fingerprint density at radius 2 is 1.83 bits per heavy atom. The van der Waals surface area contributed by atoms with Crippen LogP contribution in [0.2, 0.25) is 0 Å². The summed E-state index contributed by atoms with van der Waals surface area (Å²) in [5.41, 5.74) is 0. The van der Waals surface area contributed by atoms with Gasteiger partial charge in [0.2, 0.25) is 11.9 Å². The Labute approximate surface area is 102 Å². The molecule has 0 radical (unpaired) electrons. The van der Waals surface area contributed by atoms with Gasteiger partial charge in [0.1, 0.15) is 0 Å². The molecule has 6 nitrogen and oxygen atoms in total. The minimum atomic E-state index is -4.47. The summed E-state index contributed by atoms with van der Waals surface area (Å²) in [6.07, 6.45) is -6.45. The maximum Gasteiger partial charge on any atom is 0.425 e. The molecule has 0 saturated carbocycles. The van der Waals surface area contributed by atoms with E-state index in [-0.39, 0.29) is 17.9 Å². The number of halogens is 3. The fraction of sp³-hybridized carbons (Fsp3) is 0.667. The number of hydrogen-bond acceptors (Lipinski definition) is 6. The number of anilines is 2. The predicted octanol–water partition coefficient (Wildman–Crippen LogP) is 1.31. The van der Waals surface area contributed by atoms with Crippen molar-refractivity contribution < 1.29 is 17.9 Å². The van der Waals surface area contributed by atoms with E-state index in [1.54, 1.807) is 21.1 Å². The Balaban J connectivity index is 2.98. The molecule has 1 atom stereocenters. The average Bonchev–Trinajstić information content (AvgIpc) is 2.27. The summed E-state index contributed by atoms with van der Waals surface area (Å²) in [5, 5.41) is 2.62. The second kappa shape index (κ2) is 5.23. The summed E-state index contributed by atoms with van der Waals surface area (Å²) in [6, 6.07) is -0.372. The van der Waals surface area contributed by atoms with Crippen molar-refractivity contribution in [1.82, 2.24) is 15.0 Å². The van der Waals surface area contributed by atoms with Crippen LogP contribution in [-0.4, -0.2) is 48.4 Å². The lowest BCUT2D eigenvalue weighted by molar-refractivity contribution is -0.190. The molecule has 0 amide bonds. The molecule has 0 bridgehead atoms. The molecule has 18 heavy (non-hydrogen) atoms. The SMILES string of the molecule is CNc1nc(OC(C)C(F)(F)F)nc(N(C)C)n1. The summed E-state index contributed by atoms with van der Waals surface area (Å²) in [7, 11) is 4.86. The van der Waals surface area contributed by atoms with E-state index in [0.717, 1.165) is 6.92 Å². The smallest absolute Gasteiger partial charge is 0.425 e. The summed E-state index contributed by atoms with van der Waals surface area (Å²) < 4.78 is 41.7. The van der Waals surface area contributed by atoms with Crippen LogP contribution in [0, 0.1) is 0 Å². The molecule has 102 valence electrons. The van der Waals surface area contributed by atoms with E-state index in [4.69, 9.17) is 0 Å². The van der Waals surface area contributed by atoms with Crippen molar-refractivity contribution >= 4 is 11.9 Å². The normalized spacial score (nSPS) is 13.1. The maximum atomic E-state index is 12.4. The Hall–Kier alpha value is -1.80. The van der Waals surface area contributed by atoms with Gasteiger partial charge in [0.15, 0.2) is 6.10 Å². The number of ether oxygens (including phenoxy) is 1. The minimum Gasteiger partial charge on any atom is -0.451 e. The number of nitrogens with one attached hydrogen (secondary N) is 1. The Morgan fingerprint density at radius 3 is 2.28 bits per heavy atom. The lowest BCUT2D eigenvalue weighted by Crippen LogP contribution is -2.32. The van der Waals surface area contributed by atoms with Gasteiger partial charge < -0.3 is 15.0 Å². The van der Waals surface area contributed by atoms with Crippen molar-refractivity contribution in [2.75, 3.05) is 31.4 Å². The topological polar surface area (TPSA) is 63.2 Å². The molecule has 0 spiro atoms. The van der Waals surface area contributed by atoms with E-state index < -0.39 is 12.3 Å². The van der Waals surface area contributed by atoms with Gasteiger partial charge in [0, 0.05) is 21.1 Å². The standard InChI is InChI=1S/C9H14F3N5O/c1-5(9(10,11)12)18-8-15-6(13-2)14-7(16-8)17(3)4/h5H,1-4H3,(H,13,14,15,16). The monoisotopic (exact) mass is 265 g/mol. The summed E-state index contributed by atoms with van der Waals surface area (Å²) in [4.78, 5) is 13.0. The first kappa shape index (κ1) is 14.3. The molecule has 0 aliphatic heterocycles. The third-order valence-corrected chi connectivity index (χ3v) is 1.97. The van der Waals surface area contributed by atoms with Gasteiger partial charge in [0.25, 0.3) is 0 Å². The Bertz CT molecular complexity index is 410. The van der Waals surface area contributed by atoms with Gasteiger partial charge >= 0.3 is 12.2 Å². The number of hydrogen-bond donors (Lipinski definition) is 1. The van der Waals surface area contributed by atoms with Crippen LogP contribution >= 0.6 is 0 Å². The first-order valence-corrected chi connectivity index (χ1v) is 5.08. The highest BCUT2D eigenvalue weighted by molar-refractivity contribution is 5.36. The lowest BCUT2D eigenvalue weighted by atomic mass is 10.4. The zero-order valence-electron chi connectivity index (χ0n) is 10.4. The van der Waals surface area contributed by atoms with Crippen LogP contribution in [0.4, 0.5) is 25.1 Å². The predicted molar refractivity (Wildman–Crippen MR) is 59.8 cm³/mol. The largest absolute Gasteiger partial charge is 0.451 e. The van der Waals surface area contributed by atoms with E-state index in [0.29, 0.717) is 0 Å². The first-order valence-electron chi connectivity index (χ1n) is 5.08. The number of alkyl halides is 3. The van der Waals surface area contributed by atoms with Crippen LogP contribution in [0.3, 0.4) is 0 Å². The van der Waals surface area contributed by atoms with E-state index >= 15 is 0 Å². The Morgan fingerprint density at radius 1 is 1.22 bits per heavy atom. The highest BCUT2D eigenvalue weighted by atomic mass is 19.4. The second-order valence-electron chi connectivity index (χ2n) is 3.69. The average molecular weight is 265 g/mol. The minimum absolute atomic E-state index is 0.137. The Kier molecular flexibility index (Phi) is 4.15. The second-order valence-corrected chi connectivity index (χ2v) is 3.69. The van der Waals surface area contributed by atoms with Crippen LogP contribution in [-0.2, 0) is 0 Å². The molecular formula is C9H14F3N5O. The van der Waals surface area contributed by atoms with Gasteiger partial charge in [-0.05, 0) is 6.92 Å². The van der Waals surface area contributed by atoms with Crippen molar-refractivity contribution in [3.63, 3.8) is 0 Å². The van der Waals surface area contributed by atoms with Crippen LogP contribution in [0.1, 0.15) is 6.92 Å².